The van der Waals surface area contributed by atoms with Crippen molar-refractivity contribution in [1.29, 1.82) is 0 Å². The summed E-state index contributed by atoms with van der Waals surface area (Å²) >= 11 is 12.1. The number of alkyl halides is 1. The van der Waals surface area contributed by atoms with Crippen LogP contribution < -0.4 is 5.73 Å². The number of hydrogen-bond donors (Lipinski definition) is 1. The Balaban J connectivity index is 1.61. The molecule has 1 aliphatic heterocycles. The van der Waals surface area contributed by atoms with Gasteiger partial charge in [-0.25, -0.2) is 0 Å². The van der Waals surface area contributed by atoms with Gasteiger partial charge in [-0.1, -0.05) is 11.6 Å². The average molecular weight is 327 g/mol. The first-order valence-electron chi connectivity index (χ1n) is 7.41. The van der Waals surface area contributed by atoms with Gasteiger partial charge in [0.05, 0.1) is 5.52 Å². The first-order valence-corrected chi connectivity index (χ1v) is 8.23. The largest absolute Gasteiger partial charge is 0.382 e. The number of nitrogens with zero attached hydrogens (tertiary/aromatic N) is 3. The highest BCUT2D eigenvalue weighted by Gasteiger charge is 2.16. The Morgan fingerprint density at radius 2 is 2.00 bits per heavy atom. The van der Waals surface area contributed by atoms with Crippen LogP contribution in [0.15, 0.2) is 18.2 Å². The minimum atomic E-state index is 0.362. The van der Waals surface area contributed by atoms with Gasteiger partial charge in [-0.2, -0.15) is 5.10 Å². The predicted octanol–water partition coefficient (Wildman–Crippen LogP) is 3.37. The zero-order chi connectivity index (χ0) is 14.8. The van der Waals surface area contributed by atoms with E-state index in [4.69, 9.17) is 28.9 Å². The molecule has 1 aromatic carbocycles. The molecule has 0 atom stereocenters. The van der Waals surface area contributed by atoms with Gasteiger partial charge < -0.3 is 10.6 Å². The van der Waals surface area contributed by atoms with Crippen molar-refractivity contribution in [3.05, 3.63) is 23.2 Å². The second-order valence-electron chi connectivity index (χ2n) is 5.64. The number of aromatic nitrogens is 2. The van der Waals surface area contributed by atoms with Crippen LogP contribution in [0.1, 0.15) is 19.3 Å². The summed E-state index contributed by atoms with van der Waals surface area (Å²) in [4.78, 5) is 2.48. The molecule has 6 heteroatoms. The smallest absolute Gasteiger partial charge is 0.153 e. The highest BCUT2D eigenvalue weighted by molar-refractivity contribution is 6.31. The standard InChI is InChI=1S/C15H20Cl2N4/c16-11-4-8-20(9-5-11)6-1-7-21-14-3-2-12(17)10-13(14)15(18)19-21/h2-3,10-11H,1,4-9H2,(H2,18,19). The lowest BCUT2D eigenvalue weighted by atomic mass is 10.1. The molecule has 2 heterocycles. The SMILES string of the molecule is Nc1nn(CCCN2CCC(Cl)CC2)c2ccc(Cl)cc12. The molecule has 0 saturated carbocycles. The first kappa shape index (κ1) is 14.9. The van der Waals surface area contributed by atoms with E-state index in [0.717, 1.165) is 56.3 Å². The van der Waals surface area contributed by atoms with Gasteiger partial charge in [-0.05, 0) is 57.1 Å². The van der Waals surface area contributed by atoms with E-state index in [1.165, 1.54) is 0 Å². The lowest BCUT2D eigenvalue weighted by Gasteiger charge is -2.29. The summed E-state index contributed by atoms with van der Waals surface area (Å²) in [5.41, 5.74) is 7.01. The van der Waals surface area contributed by atoms with E-state index in [9.17, 15) is 0 Å². The molecular formula is C15H20Cl2N4. The Kier molecular flexibility index (Phi) is 4.57. The van der Waals surface area contributed by atoms with Crippen molar-refractivity contribution in [3.8, 4) is 0 Å². The molecule has 2 N–H and O–H groups in total. The summed E-state index contributed by atoms with van der Waals surface area (Å²) < 4.78 is 1.98. The predicted molar refractivity (Wildman–Crippen MR) is 89.1 cm³/mol. The van der Waals surface area contributed by atoms with Crippen LogP contribution in [-0.2, 0) is 6.54 Å². The lowest BCUT2D eigenvalue weighted by molar-refractivity contribution is 0.224. The van der Waals surface area contributed by atoms with Gasteiger partial charge in [0.1, 0.15) is 0 Å². The van der Waals surface area contributed by atoms with E-state index in [1.54, 1.807) is 0 Å². The third-order valence-electron chi connectivity index (χ3n) is 4.10. The topological polar surface area (TPSA) is 47.1 Å². The minimum absolute atomic E-state index is 0.362. The average Bonchev–Trinajstić information content (AvgIpc) is 2.77. The number of piperidine rings is 1. The summed E-state index contributed by atoms with van der Waals surface area (Å²) in [6.45, 7) is 4.16. The van der Waals surface area contributed by atoms with Crippen LogP contribution in [0.4, 0.5) is 5.82 Å². The van der Waals surface area contributed by atoms with E-state index in [1.807, 2.05) is 22.9 Å². The Morgan fingerprint density at radius 1 is 1.24 bits per heavy atom. The molecule has 1 aliphatic rings. The Morgan fingerprint density at radius 3 is 2.76 bits per heavy atom. The number of nitrogens with two attached hydrogens (primary N) is 1. The first-order chi connectivity index (χ1) is 10.1. The second kappa shape index (κ2) is 6.42. The Labute approximate surface area is 134 Å². The summed E-state index contributed by atoms with van der Waals surface area (Å²) in [5.74, 6) is 0.551. The molecule has 0 bridgehead atoms. The van der Waals surface area contributed by atoms with Gasteiger partial charge in [0.25, 0.3) is 0 Å². The van der Waals surface area contributed by atoms with Crippen LogP contribution in [0.5, 0.6) is 0 Å². The molecule has 0 aliphatic carbocycles. The van der Waals surface area contributed by atoms with Gasteiger partial charge in [0, 0.05) is 22.3 Å². The number of hydrogen-bond acceptors (Lipinski definition) is 3. The molecule has 114 valence electrons. The highest BCUT2D eigenvalue weighted by Crippen LogP contribution is 2.24. The molecule has 21 heavy (non-hydrogen) atoms. The number of nitrogen functional groups attached to an aromatic ring is 1. The molecule has 0 radical (unpaired) electrons. The summed E-state index contributed by atoms with van der Waals surface area (Å²) in [6.07, 6.45) is 3.25. The zero-order valence-electron chi connectivity index (χ0n) is 11.9. The van der Waals surface area contributed by atoms with Gasteiger partial charge in [-0.15, -0.1) is 11.6 Å². The van der Waals surface area contributed by atoms with Crippen molar-refractivity contribution < 1.29 is 0 Å². The van der Waals surface area contributed by atoms with Crippen LogP contribution in [0.3, 0.4) is 0 Å². The molecule has 0 amide bonds. The van der Waals surface area contributed by atoms with Crippen LogP contribution in [-0.4, -0.2) is 39.7 Å². The molecule has 0 unspecified atom stereocenters. The summed E-state index contributed by atoms with van der Waals surface area (Å²) in [7, 11) is 0. The number of aryl methyl sites for hydroxylation is 1. The Bertz CT molecular complexity index is 617. The van der Waals surface area contributed by atoms with Crippen LogP contribution >= 0.6 is 23.2 Å². The van der Waals surface area contributed by atoms with Crippen molar-refractivity contribution in [1.82, 2.24) is 14.7 Å². The molecule has 1 aromatic heterocycles. The van der Waals surface area contributed by atoms with Crippen molar-refractivity contribution in [2.45, 2.75) is 31.2 Å². The Hall–Kier alpha value is -0.970. The maximum Gasteiger partial charge on any atom is 0.153 e. The molecular weight excluding hydrogens is 307 g/mol. The molecule has 1 fully saturated rings. The van der Waals surface area contributed by atoms with E-state index in [2.05, 4.69) is 10.00 Å². The normalized spacial score (nSPS) is 17.6. The number of rotatable bonds is 4. The number of likely N-dealkylation sites (tertiary alicyclic amines) is 1. The monoisotopic (exact) mass is 326 g/mol. The van der Waals surface area contributed by atoms with Gasteiger partial charge >= 0.3 is 0 Å². The van der Waals surface area contributed by atoms with Gasteiger partial charge in [0.2, 0.25) is 0 Å². The third-order valence-corrected chi connectivity index (χ3v) is 4.77. The van der Waals surface area contributed by atoms with Crippen molar-refractivity contribution >= 4 is 39.9 Å². The number of anilines is 1. The number of benzene rings is 1. The molecule has 2 aromatic rings. The quantitative estimate of drug-likeness (QED) is 0.876. The highest BCUT2D eigenvalue weighted by atomic mass is 35.5. The van der Waals surface area contributed by atoms with Crippen molar-refractivity contribution in [2.24, 2.45) is 0 Å². The number of halogens is 2. The fourth-order valence-electron chi connectivity index (χ4n) is 2.92. The molecule has 4 nitrogen and oxygen atoms in total. The fourth-order valence-corrected chi connectivity index (χ4v) is 3.28. The number of fused-ring (bicyclic) bond motifs is 1. The second-order valence-corrected chi connectivity index (χ2v) is 6.69. The van der Waals surface area contributed by atoms with Gasteiger partial charge in [-0.3, -0.25) is 4.68 Å². The minimum Gasteiger partial charge on any atom is -0.382 e. The van der Waals surface area contributed by atoms with E-state index < -0.39 is 0 Å². The van der Waals surface area contributed by atoms with Crippen LogP contribution in [0, 0.1) is 0 Å². The van der Waals surface area contributed by atoms with Crippen LogP contribution in [0.2, 0.25) is 5.02 Å². The fraction of sp³-hybridized carbons (Fsp3) is 0.533. The van der Waals surface area contributed by atoms with E-state index in [0.29, 0.717) is 16.2 Å². The van der Waals surface area contributed by atoms with Crippen molar-refractivity contribution in [2.75, 3.05) is 25.4 Å². The van der Waals surface area contributed by atoms with Gasteiger partial charge in [0.15, 0.2) is 5.82 Å². The van der Waals surface area contributed by atoms with E-state index in [-0.39, 0.29) is 0 Å². The maximum absolute atomic E-state index is 6.13. The summed E-state index contributed by atoms with van der Waals surface area (Å²) in [6, 6.07) is 5.74. The summed E-state index contributed by atoms with van der Waals surface area (Å²) in [5, 5.41) is 6.41. The maximum atomic E-state index is 6.13. The third kappa shape index (κ3) is 3.44. The molecule has 3 rings (SSSR count). The molecule has 0 spiro atoms. The lowest BCUT2D eigenvalue weighted by Crippen LogP contribution is -2.35. The molecule has 1 saturated heterocycles. The zero-order valence-corrected chi connectivity index (χ0v) is 13.4. The van der Waals surface area contributed by atoms with E-state index >= 15 is 0 Å². The van der Waals surface area contributed by atoms with Crippen molar-refractivity contribution in [3.63, 3.8) is 0 Å². The van der Waals surface area contributed by atoms with Crippen LogP contribution in [0.25, 0.3) is 10.9 Å².